The lowest BCUT2D eigenvalue weighted by Crippen LogP contribution is -2.31. The first-order chi connectivity index (χ1) is 12.1. The average molecular weight is 367 g/mol. The van der Waals surface area contributed by atoms with Crippen molar-refractivity contribution in [2.45, 2.75) is 40.2 Å². The number of carbonyl (C=O) groups is 2. The molecule has 4 N–H and O–H groups in total. The summed E-state index contributed by atoms with van der Waals surface area (Å²) >= 11 is 0. The molecule has 0 bridgehead atoms. The van der Waals surface area contributed by atoms with E-state index in [0.717, 1.165) is 18.7 Å². The molecule has 0 aliphatic rings. The number of carboxylic acid groups (broad SMARTS) is 1. The van der Waals surface area contributed by atoms with Gasteiger partial charge in [0.05, 0.1) is 6.54 Å². The zero-order chi connectivity index (χ0) is 20.3. The molecule has 1 aromatic carbocycles. The first-order valence-corrected chi connectivity index (χ1v) is 8.72. The lowest BCUT2D eigenvalue weighted by molar-refractivity contribution is -0.144. The number of ether oxygens (including phenoxy) is 1. The lowest BCUT2D eigenvalue weighted by atomic mass is 10.0. The van der Waals surface area contributed by atoms with Crippen LogP contribution in [0.5, 0.6) is 0 Å². The first-order valence-electron chi connectivity index (χ1n) is 8.72. The minimum absolute atomic E-state index is 0.209. The van der Waals surface area contributed by atoms with Gasteiger partial charge in [-0.1, -0.05) is 24.6 Å². The van der Waals surface area contributed by atoms with Crippen molar-refractivity contribution in [2.75, 3.05) is 39.1 Å². The molecule has 0 saturated heterocycles. The van der Waals surface area contributed by atoms with Gasteiger partial charge in [0.2, 0.25) is 0 Å². The van der Waals surface area contributed by atoms with Crippen molar-refractivity contribution in [3.8, 4) is 0 Å². The van der Waals surface area contributed by atoms with E-state index in [1.807, 2.05) is 25.9 Å². The molecular formula is C19H33N3O4. The molecule has 0 radical (unpaired) electrons. The van der Waals surface area contributed by atoms with Crippen molar-refractivity contribution >= 4 is 17.6 Å². The molecule has 0 aliphatic heterocycles. The SMILES string of the molecule is CCc1cc(C)cc(C)c1N[C@@H](C)C(=O)OCCN(C)C.NCC(=O)O. The lowest BCUT2D eigenvalue weighted by Gasteiger charge is -2.20. The number of benzene rings is 1. The number of aryl methyl sites for hydroxylation is 3. The number of hydrogen-bond acceptors (Lipinski definition) is 6. The van der Waals surface area contributed by atoms with Crippen molar-refractivity contribution in [1.29, 1.82) is 0 Å². The topological polar surface area (TPSA) is 105 Å². The number of hydrogen-bond donors (Lipinski definition) is 3. The Labute approximate surface area is 156 Å². The molecule has 148 valence electrons. The van der Waals surface area contributed by atoms with Gasteiger partial charge >= 0.3 is 11.9 Å². The van der Waals surface area contributed by atoms with Crippen LogP contribution in [0.4, 0.5) is 5.69 Å². The van der Waals surface area contributed by atoms with Gasteiger partial charge in [-0.05, 0) is 52.4 Å². The Bertz CT molecular complexity index is 588. The van der Waals surface area contributed by atoms with Gasteiger partial charge in [-0.2, -0.15) is 0 Å². The van der Waals surface area contributed by atoms with Gasteiger partial charge in [-0.3, -0.25) is 4.79 Å². The standard InChI is InChI=1S/C17H28N2O2.C2H5NO2/c1-7-15-11-12(2)10-13(3)16(15)18-14(4)17(20)21-9-8-19(5)6;3-1-2(4)5/h10-11,14,18H,7-9H2,1-6H3;1,3H2,(H,4,5)/t14-;/m0./s1. The Hall–Kier alpha value is -2.12. The van der Waals surface area contributed by atoms with E-state index < -0.39 is 5.97 Å². The minimum atomic E-state index is -0.968. The first kappa shape index (κ1) is 23.9. The molecule has 1 rings (SSSR count). The molecule has 1 atom stereocenters. The molecule has 1 aromatic rings. The third-order valence-electron chi connectivity index (χ3n) is 3.61. The van der Waals surface area contributed by atoms with Crippen LogP contribution in [0.3, 0.4) is 0 Å². The Morgan fingerprint density at radius 3 is 2.35 bits per heavy atom. The second-order valence-corrected chi connectivity index (χ2v) is 6.40. The van der Waals surface area contributed by atoms with Crippen LogP contribution in [-0.2, 0) is 20.7 Å². The smallest absolute Gasteiger partial charge is 0.328 e. The zero-order valence-electron chi connectivity index (χ0n) is 16.8. The molecule has 0 fully saturated rings. The maximum Gasteiger partial charge on any atom is 0.328 e. The highest BCUT2D eigenvalue weighted by Gasteiger charge is 2.16. The van der Waals surface area contributed by atoms with Crippen LogP contribution in [0.25, 0.3) is 0 Å². The summed E-state index contributed by atoms with van der Waals surface area (Å²) in [7, 11) is 3.91. The Kier molecular flexibility index (Phi) is 11.3. The van der Waals surface area contributed by atoms with Crippen LogP contribution in [0.15, 0.2) is 12.1 Å². The summed E-state index contributed by atoms with van der Waals surface area (Å²) in [6, 6.07) is 3.95. The van der Waals surface area contributed by atoms with Gasteiger partial charge in [0.15, 0.2) is 0 Å². The molecule has 0 spiro atoms. The number of esters is 1. The highest BCUT2D eigenvalue weighted by Crippen LogP contribution is 2.24. The fourth-order valence-electron chi connectivity index (χ4n) is 2.27. The van der Waals surface area contributed by atoms with Gasteiger partial charge in [0, 0.05) is 12.2 Å². The summed E-state index contributed by atoms with van der Waals surface area (Å²) in [6.07, 6.45) is 0.938. The number of nitrogens with one attached hydrogen (secondary N) is 1. The molecule has 7 nitrogen and oxygen atoms in total. The highest BCUT2D eigenvalue weighted by atomic mass is 16.5. The second-order valence-electron chi connectivity index (χ2n) is 6.40. The van der Waals surface area contributed by atoms with Crippen LogP contribution in [0, 0.1) is 13.8 Å². The fourth-order valence-corrected chi connectivity index (χ4v) is 2.27. The van der Waals surface area contributed by atoms with Crippen molar-refractivity contribution < 1.29 is 19.4 Å². The summed E-state index contributed by atoms with van der Waals surface area (Å²) in [6.45, 7) is 9.01. The third kappa shape index (κ3) is 9.39. The Morgan fingerprint density at radius 1 is 1.31 bits per heavy atom. The van der Waals surface area contributed by atoms with Crippen LogP contribution in [0.2, 0.25) is 0 Å². The van der Waals surface area contributed by atoms with Crippen LogP contribution in [0.1, 0.15) is 30.5 Å². The normalized spacial score (nSPS) is 11.4. The fraction of sp³-hybridized carbons (Fsp3) is 0.579. The number of carboxylic acids is 1. The molecular weight excluding hydrogens is 334 g/mol. The number of anilines is 1. The van der Waals surface area contributed by atoms with Gasteiger partial charge in [0.1, 0.15) is 12.6 Å². The van der Waals surface area contributed by atoms with Crippen molar-refractivity contribution in [2.24, 2.45) is 5.73 Å². The van der Waals surface area contributed by atoms with Crippen LogP contribution < -0.4 is 11.1 Å². The van der Waals surface area contributed by atoms with E-state index in [0.29, 0.717) is 6.61 Å². The molecule has 0 unspecified atom stereocenters. The summed E-state index contributed by atoms with van der Waals surface area (Å²) in [5.74, 6) is -1.18. The van der Waals surface area contributed by atoms with E-state index in [2.05, 4.69) is 44.0 Å². The zero-order valence-corrected chi connectivity index (χ0v) is 16.8. The molecule has 0 heterocycles. The maximum absolute atomic E-state index is 12.0. The number of likely N-dealkylation sites (N-methyl/N-ethyl adjacent to an activating group) is 1. The number of aliphatic carboxylic acids is 1. The van der Waals surface area contributed by atoms with Gasteiger partial charge < -0.3 is 25.8 Å². The van der Waals surface area contributed by atoms with E-state index >= 15 is 0 Å². The van der Waals surface area contributed by atoms with E-state index in [9.17, 15) is 9.59 Å². The van der Waals surface area contributed by atoms with Crippen molar-refractivity contribution in [1.82, 2.24) is 4.90 Å². The summed E-state index contributed by atoms with van der Waals surface area (Å²) < 4.78 is 5.28. The van der Waals surface area contributed by atoms with E-state index in [1.165, 1.54) is 16.7 Å². The van der Waals surface area contributed by atoms with Gasteiger partial charge in [0.25, 0.3) is 0 Å². The third-order valence-corrected chi connectivity index (χ3v) is 3.61. The monoisotopic (exact) mass is 367 g/mol. The molecule has 26 heavy (non-hydrogen) atoms. The summed E-state index contributed by atoms with van der Waals surface area (Å²) in [5, 5.41) is 10.9. The quantitative estimate of drug-likeness (QED) is 0.602. The summed E-state index contributed by atoms with van der Waals surface area (Å²) in [5.41, 5.74) is 9.28. The van der Waals surface area contributed by atoms with Crippen molar-refractivity contribution in [3.05, 3.63) is 28.8 Å². The molecule has 7 heteroatoms. The highest BCUT2D eigenvalue weighted by molar-refractivity contribution is 5.79. The van der Waals surface area contributed by atoms with Gasteiger partial charge in [-0.15, -0.1) is 0 Å². The minimum Gasteiger partial charge on any atom is -0.480 e. The van der Waals surface area contributed by atoms with Crippen molar-refractivity contribution in [3.63, 3.8) is 0 Å². The van der Waals surface area contributed by atoms with Crippen LogP contribution in [-0.4, -0.2) is 61.8 Å². The predicted molar refractivity (Wildman–Crippen MR) is 105 cm³/mol. The van der Waals surface area contributed by atoms with E-state index in [1.54, 1.807) is 0 Å². The maximum atomic E-state index is 12.0. The number of rotatable bonds is 8. The predicted octanol–water partition coefficient (Wildman–Crippen LogP) is 1.80. The number of nitrogens with zero attached hydrogens (tertiary/aromatic N) is 1. The van der Waals surface area contributed by atoms with E-state index in [4.69, 9.17) is 9.84 Å². The Morgan fingerprint density at radius 2 is 1.88 bits per heavy atom. The largest absolute Gasteiger partial charge is 0.480 e. The molecule has 0 amide bonds. The summed E-state index contributed by atoms with van der Waals surface area (Å²) in [4.78, 5) is 23.2. The molecule has 0 aliphatic carbocycles. The number of nitrogens with two attached hydrogens (primary N) is 1. The van der Waals surface area contributed by atoms with Gasteiger partial charge in [-0.25, -0.2) is 4.79 Å². The van der Waals surface area contributed by atoms with Crippen LogP contribution >= 0.6 is 0 Å². The molecule has 0 aromatic heterocycles. The number of carbonyl (C=O) groups excluding carboxylic acids is 1. The second kappa shape index (κ2) is 12.3. The molecule has 0 saturated carbocycles. The van der Waals surface area contributed by atoms with E-state index in [-0.39, 0.29) is 18.6 Å². The average Bonchev–Trinajstić information content (AvgIpc) is 2.56. The Balaban J connectivity index is 0.00000110.